The van der Waals surface area contributed by atoms with E-state index in [1.54, 1.807) is 6.07 Å². The van der Waals surface area contributed by atoms with Crippen molar-refractivity contribution in [3.63, 3.8) is 0 Å². The normalized spacial score (nSPS) is 11.9. The van der Waals surface area contributed by atoms with Crippen LogP contribution in [0.2, 0.25) is 0 Å². The Kier molecular flexibility index (Phi) is 8.32. The van der Waals surface area contributed by atoms with E-state index >= 15 is 0 Å². The van der Waals surface area contributed by atoms with Gasteiger partial charge in [-0.05, 0) is 43.3 Å². The van der Waals surface area contributed by atoms with Gasteiger partial charge in [0, 0.05) is 26.3 Å². The van der Waals surface area contributed by atoms with Gasteiger partial charge in [-0.15, -0.1) is 11.3 Å². The van der Waals surface area contributed by atoms with Crippen molar-refractivity contribution in [2.45, 2.75) is 37.4 Å². The Morgan fingerprint density at radius 2 is 2.10 bits per heavy atom. The van der Waals surface area contributed by atoms with E-state index in [9.17, 15) is 8.42 Å². The summed E-state index contributed by atoms with van der Waals surface area (Å²) in [6.07, 6.45) is 1.75. The van der Waals surface area contributed by atoms with Crippen LogP contribution in [0, 0.1) is 0 Å². The highest BCUT2D eigenvalue weighted by Gasteiger charge is 2.15. The lowest BCUT2D eigenvalue weighted by Gasteiger charge is -2.04. The van der Waals surface area contributed by atoms with Crippen molar-refractivity contribution in [1.82, 2.24) is 10.0 Å². The lowest BCUT2D eigenvalue weighted by Crippen LogP contribution is -2.25. The second kappa shape index (κ2) is 9.46. The van der Waals surface area contributed by atoms with Crippen molar-refractivity contribution >= 4 is 21.4 Å². The zero-order valence-corrected chi connectivity index (χ0v) is 13.8. The quantitative estimate of drug-likeness (QED) is 0.612. The third-order valence-electron chi connectivity index (χ3n) is 2.61. The Bertz CT molecular complexity index is 472. The molecule has 0 aliphatic heterocycles. The maximum absolute atomic E-state index is 12.0. The standard InChI is InChI=1S/C13H24N2O3S2/c1-3-6-14-10-12-9-13(19-11-12)20(16,17)15-7-5-8-18-4-2/h9,11,14-15H,3-8,10H2,1-2H3. The van der Waals surface area contributed by atoms with E-state index in [0.29, 0.717) is 36.9 Å². The number of sulfonamides is 1. The van der Waals surface area contributed by atoms with E-state index in [2.05, 4.69) is 17.0 Å². The van der Waals surface area contributed by atoms with Crippen LogP contribution in [0.3, 0.4) is 0 Å². The smallest absolute Gasteiger partial charge is 0.250 e. The van der Waals surface area contributed by atoms with Gasteiger partial charge in [-0.3, -0.25) is 0 Å². The SMILES string of the molecule is CCCNCc1csc(S(=O)(=O)NCCCOCC)c1. The molecule has 1 aromatic heterocycles. The molecular weight excluding hydrogens is 296 g/mol. The predicted molar refractivity (Wildman–Crippen MR) is 82.6 cm³/mol. The summed E-state index contributed by atoms with van der Waals surface area (Å²) in [7, 11) is -3.37. The van der Waals surface area contributed by atoms with Crippen molar-refractivity contribution in [2.24, 2.45) is 0 Å². The molecule has 0 spiro atoms. The van der Waals surface area contributed by atoms with E-state index in [4.69, 9.17) is 4.74 Å². The zero-order valence-electron chi connectivity index (χ0n) is 12.1. The fourth-order valence-corrected chi connectivity index (χ4v) is 3.92. The maximum atomic E-state index is 12.0. The highest BCUT2D eigenvalue weighted by molar-refractivity contribution is 7.91. The molecule has 5 nitrogen and oxygen atoms in total. The Morgan fingerprint density at radius 3 is 2.80 bits per heavy atom. The Labute approximate surface area is 125 Å². The molecule has 1 aromatic rings. The number of thiophene rings is 1. The molecule has 0 aliphatic rings. The highest BCUT2D eigenvalue weighted by atomic mass is 32.2. The molecule has 0 unspecified atom stereocenters. The molecule has 0 radical (unpaired) electrons. The highest BCUT2D eigenvalue weighted by Crippen LogP contribution is 2.19. The molecule has 0 bridgehead atoms. The van der Waals surface area contributed by atoms with Gasteiger partial charge < -0.3 is 10.1 Å². The van der Waals surface area contributed by atoms with Crippen LogP contribution in [0.4, 0.5) is 0 Å². The van der Waals surface area contributed by atoms with Gasteiger partial charge in [-0.25, -0.2) is 13.1 Å². The van der Waals surface area contributed by atoms with Crippen LogP contribution in [-0.2, 0) is 21.3 Å². The summed E-state index contributed by atoms with van der Waals surface area (Å²) < 4.78 is 32.2. The molecule has 116 valence electrons. The summed E-state index contributed by atoms with van der Waals surface area (Å²) >= 11 is 1.26. The lowest BCUT2D eigenvalue weighted by atomic mass is 10.3. The summed E-state index contributed by atoms with van der Waals surface area (Å²) in [6.45, 7) is 7.31. The molecule has 0 fully saturated rings. The van der Waals surface area contributed by atoms with Gasteiger partial charge in [-0.1, -0.05) is 6.92 Å². The Balaban J connectivity index is 2.42. The Hall–Kier alpha value is -0.470. The first kappa shape index (κ1) is 17.6. The third-order valence-corrected chi connectivity index (χ3v) is 5.56. The van der Waals surface area contributed by atoms with Crippen molar-refractivity contribution < 1.29 is 13.2 Å². The van der Waals surface area contributed by atoms with Crippen molar-refractivity contribution in [2.75, 3.05) is 26.3 Å². The van der Waals surface area contributed by atoms with Crippen LogP contribution < -0.4 is 10.0 Å². The number of hydrogen-bond donors (Lipinski definition) is 2. The minimum absolute atomic E-state index is 0.377. The number of rotatable bonds is 11. The van der Waals surface area contributed by atoms with Crippen molar-refractivity contribution in [3.8, 4) is 0 Å². The first-order valence-corrected chi connectivity index (χ1v) is 9.32. The van der Waals surface area contributed by atoms with Gasteiger partial charge in [0.25, 0.3) is 0 Å². The van der Waals surface area contributed by atoms with Crippen molar-refractivity contribution in [3.05, 3.63) is 17.0 Å². The molecule has 0 aliphatic carbocycles. The van der Waals surface area contributed by atoms with E-state index in [1.807, 2.05) is 12.3 Å². The minimum Gasteiger partial charge on any atom is -0.382 e. The maximum Gasteiger partial charge on any atom is 0.250 e. The monoisotopic (exact) mass is 320 g/mol. The molecule has 7 heteroatoms. The third kappa shape index (κ3) is 6.32. The van der Waals surface area contributed by atoms with E-state index < -0.39 is 10.0 Å². The predicted octanol–water partition coefficient (Wildman–Crippen LogP) is 1.95. The Morgan fingerprint density at radius 1 is 1.30 bits per heavy atom. The average Bonchev–Trinajstić information content (AvgIpc) is 2.88. The number of ether oxygens (including phenoxy) is 1. The average molecular weight is 320 g/mol. The van der Waals surface area contributed by atoms with Crippen molar-refractivity contribution in [1.29, 1.82) is 0 Å². The van der Waals surface area contributed by atoms with Gasteiger partial charge in [0.15, 0.2) is 0 Å². The molecule has 2 N–H and O–H groups in total. The molecule has 1 heterocycles. The van der Waals surface area contributed by atoms with Crippen LogP contribution in [-0.4, -0.2) is 34.7 Å². The molecule has 0 saturated carbocycles. The van der Waals surface area contributed by atoms with Gasteiger partial charge in [0.05, 0.1) is 0 Å². The van der Waals surface area contributed by atoms with Crippen LogP contribution in [0.25, 0.3) is 0 Å². The summed E-state index contributed by atoms with van der Waals surface area (Å²) in [5.74, 6) is 0. The molecule has 20 heavy (non-hydrogen) atoms. The molecule has 0 aromatic carbocycles. The zero-order chi connectivity index (χ0) is 14.8. The van der Waals surface area contributed by atoms with E-state index in [0.717, 1.165) is 18.5 Å². The second-order valence-electron chi connectivity index (χ2n) is 4.40. The second-order valence-corrected chi connectivity index (χ2v) is 7.30. The lowest BCUT2D eigenvalue weighted by molar-refractivity contribution is 0.146. The minimum atomic E-state index is -3.37. The van der Waals surface area contributed by atoms with Gasteiger partial charge >= 0.3 is 0 Å². The molecular formula is C13H24N2O3S2. The summed E-state index contributed by atoms with van der Waals surface area (Å²) in [6, 6.07) is 1.73. The first-order valence-electron chi connectivity index (χ1n) is 6.95. The molecule has 0 atom stereocenters. The van der Waals surface area contributed by atoms with Gasteiger partial charge in [0.1, 0.15) is 4.21 Å². The largest absolute Gasteiger partial charge is 0.382 e. The summed E-state index contributed by atoms with van der Waals surface area (Å²) in [5, 5.41) is 5.14. The first-order chi connectivity index (χ1) is 9.60. The van der Waals surface area contributed by atoms with Gasteiger partial charge in [0.2, 0.25) is 10.0 Å². The van der Waals surface area contributed by atoms with Crippen LogP contribution in [0.1, 0.15) is 32.3 Å². The van der Waals surface area contributed by atoms with Crippen LogP contribution in [0.5, 0.6) is 0 Å². The topological polar surface area (TPSA) is 67.4 Å². The van der Waals surface area contributed by atoms with E-state index in [1.165, 1.54) is 11.3 Å². The molecule has 1 rings (SSSR count). The summed E-state index contributed by atoms with van der Waals surface area (Å²) in [4.78, 5) is 0. The van der Waals surface area contributed by atoms with Crippen LogP contribution >= 0.6 is 11.3 Å². The van der Waals surface area contributed by atoms with E-state index in [-0.39, 0.29) is 0 Å². The number of nitrogens with one attached hydrogen (secondary N) is 2. The van der Waals surface area contributed by atoms with Crippen LogP contribution in [0.15, 0.2) is 15.7 Å². The fourth-order valence-electron chi connectivity index (χ4n) is 1.59. The fraction of sp³-hybridized carbons (Fsp3) is 0.692. The molecule has 0 amide bonds. The van der Waals surface area contributed by atoms with Gasteiger partial charge in [-0.2, -0.15) is 0 Å². The summed E-state index contributed by atoms with van der Waals surface area (Å²) in [5.41, 5.74) is 1.01. The molecule has 0 saturated heterocycles. The number of hydrogen-bond acceptors (Lipinski definition) is 5.